The first-order valence-electron chi connectivity index (χ1n) is 6.78. The van der Waals surface area contributed by atoms with Crippen LogP contribution in [0.3, 0.4) is 0 Å². The Labute approximate surface area is 117 Å². The minimum Gasteiger partial charge on any atom is -0.486 e. The lowest BCUT2D eigenvalue weighted by Crippen LogP contribution is -2.17. The standard InChI is InChI=1S/C15H18N2O3/c1-17-8-7-16-14(17)6-5-12(18)11-3-2-4-13-15(11)20-10-9-19-13/h2-4,7-8,12,18H,5-6,9-10H2,1H3. The summed E-state index contributed by atoms with van der Waals surface area (Å²) in [4.78, 5) is 4.26. The average molecular weight is 274 g/mol. The third-order valence-corrected chi connectivity index (χ3v) is 3.52. The number of nitrogens with zero attached hydrogens (tertiary/aromatic N) is 2. The molecule has 0 aliphatic carbocycles. The highest BCUT2D eigenvalue weighted by Gasteiger charge is 2.20. The van der Waals surface area contributed by atoms with Crippen LogP contribution in [-0.2, 0) is 13.5 Å². The summed E-state index contributed by atoms with van der Waals surface area (Å²) in [6.07, 6.45) is 4.41. The number of para-hydroxylation sites is 1. The summed E-state index contributed by atoms with van der Waals surface area (Å²) in [6.45, 7) is 1.08. The Balaban J connectivity index is 1.74. The van der Waals surface area contributed by atoms with Crippen LogP contribution >= 0.6 is 0 Å². The molecule has 1 aromatic heterocycles. The Morgan fingerprint density at radius 3 is 3.00 bits per heavy atom. The van der Waals surface area contributed by atoms with E-state index in [1.807, 2.05) is 36.0 Å². The summed E-state index contributed by atoms with van der Waals surface area (Å²) in [5.74, 6) is 2.35. The first kappa shape index (κ1) is 13.0. The van der Waals surface area contributed by atoms with Gasteiger partial charge in [-0.25, -0.2) is 4.98 Å². The van der Waals surface area contributed by atoms with Crippen LogP contribution in [0.5, 0.6) is 11.5 Å². The number of ether oxygens (including phenoxy) is 2. The molecule has 1 N–H and O–H groups in total. The summed E-state index contributed by atoms with van der Waals surface area (Å²) in [5.41, 5.74) is 0.788. The van der Waals surface area contributed by atoms with E-state index in [1.54, 1.807) is 6.20 Å². The lowest BCUT2D eigenvalue weighted by Gasteiger charge is -2.23. The molecule has 3 rings (SSSR count). The van der Waals surface area contributed by atoms with Crippen molar-refractivity contribution in [2.45, 2.75) is 18.9 Å². The number of aromatic nitrogens is 2. The molecule has 0 radical (unpaired) electrons. The number of imidazole rings is 1. The molecule has 0 saturated heterocycles. The summed E-state index contributed by atoms with van der Waals surface area (Å²) in [7, 11) is 1.95. The Kier molecular flexibility index (Phi) is 3.60. The van der Waals surface area contributed by atoms with Gasteiger partial charge in [0.1, 0.15) is 19.0 Å². The van der Waals surface area contributed by atoms with Crippen LogP contribution in [0, 0.1) is 0 Å². The number of aryl methyl sites for hydroxylation is 2. The largest absolute Gasteiger partial charge is 0.486 e. The Morgan fingerprint density at radius 1 is 1.35 bits per heavy atom. The third kappa shape index (κ3) is 2.49. The van der Waals surface area contributed by atoms with E-state index in [4.69, 9.17) is 9.47 Å². The van der Waals surface area contributed by atoms with Gasteiger partial charge in [-0.05, 0) is 12.5 Å². The molecule has 1 atom stereocenters. The zero-order valence-corrected chi connectivity index (χ0v) is 11.5. The smallest absolute Gasteiger partial charge is 0.167 e. The van der Waals surface area contributed by atoms with Crippen molar-refractivity contribution in [3.8, 4) is 11.5 Å². The van der Waals surface area contributed by atoms with E-state index in [2.05, 4.69) is 4.98 Å². The van der Waals surface area contributed by atoms with Gasteiger partial charge in [0.2, 0.25) is 0 Å². The summed E-state index contributed by atoms with van der Waals surface area (Å²) in [6, 6.07) is 5.63. The zero-order valence-electron chi connectivity index (χ0n) is 11.5. The van der Waals surface area contributed by atoms with Gasteiger partial charge >= 0.3 is 0 Å². The molecule has 1 aliphatic rings. The maximum atomic E-state index is 10.4. The number of hydrogen-bond acceptors (Lipinski definition) is 4. The van der Waals surface area contributed by atoms with Crippen LogP contribution < -0.4 is 9.47 Å². The molecule has 1 unspecified atom stereocenters. The van der Waals surface area contributed by atoms with E-state index in [9.17, 15) is 5.11 Å². The second kappa shape index (κ2) is 5.54. The van der Waals surface area contributed by atoms with Crippen LogP contribution in [0.2, 0.25) is 0 Å². The predicted molar refractivity (Wildman–Crippen MR) is 73.9 cm³/mol. The van der Waals surface area contributed by atoms with Crippen molar-refractivity contribution in [1.29, 1.82) is 0 Å². The molecule has 5 nitrogen and oxygen atoms in total. The van der Waals surface area contributed by atoms with Crippen LogP contribution in [-0.4, -0.2) is 27.9 Å². The molecule has 0 saturated carbocycles. The fraction of sp³-hybridized carbons (Fsp3) is 0.400. The molecule has 0 bridgehead atoms. The molecule has 1 aromatic carbocycles. The predicted octanol–water partition coefficient (Wildman–Crippen LogP) is 1.86. The van der Waals surface area contributed by atoms with E-state index >= 15 is 0 Å². The number of aliphatic hydroxyl groups is 1. The highest BCUT2D eigenvalue weighted by Crippen LogP contribution is 2.38. The summed E-state index contributed by atoms with van der Waals surface area (Å²) in [5, 5.41) is 10.4. The lowest BCUT2D eigenvalue weighted by molar-refractivity contribution is 0.140. The van der Waals surface area contributed by atoms with Gasteiger partial charge in [0, 0.05) is 31.4 Å². The molecule has 1 aliphatic heterocycles. The number of hydrogen-bond donors (Lipinski definition) is 1. The van der Waals surface area contributed by atoms with Crippen LogP contribution in [0.15, 0.2) is 30.6 Å². The molecule has 106 valence electrons. The Bertz CT molecular complexity index is 595. The van der Waals surface area contributed by atoms with Gasteiger partial charge in [-0.3, -0.25) is 0 Å². The van der Waals surface area contributed by atoms with Gasteiger partial charge in [-0.15, -0.1) is 0 Å². The molecule has 20 heavy (non-hydrogen) atoms. The van der Waals surface area contributed by atoms with Gasteiger partial charge < -0.3 is 19.1 Å². The van der Waals surface area contributed by atoms with Gasteiger partial charge in [-0.1, -0.05) is 12.1 Å². The monoisotopic (exact) mass is 274 g/mol. The zero-order chi connectivity index (χ0) is 13.9. The van der Waals surface area contributed by atoms with Crippen molar-refractivity contribution >= 4 is 0 Å². The maximum Gasteiger partial charge on any atom is 0.167 e. The van der Waals surface area contributed by atoms with E-state index in [1.165, 1.54) is 0 Å². The summed E-state index contributed by atoms with van der Waals surface area (Å²) >= 11 is 0. The van der Waals surface area contributed by atoms with Gasteiger partial charge in [0.15, 0.2) is 11.5 Å². The fourth-order valence-electron chi connectivity index (χ4n) is 2.42. The minimum atomic E-state index is -0.580. The van der Waals surface area contributed by atoms with Crippen molar-refractivity contribution in [2.75, 3.05) is 13.2 Å². The quantitative estimate of drug-likeness (QED) is 0.924. The van der Waals surface area contributed by atoms with E-state index in [0.29, 0.717) is 31.1 Å². The Hall–Kier alpha value is -2.01. The van der Waals surface area contributed by atoms with E-state index < -0.39 is 6.10 Å². The second-order valence-electron chi connectivity index (χ2n) is 4.88. The first-order chi connectivity index (χ1) is 9.75. The first-order valence-corrected chi connectivity index (χ1v) is 6.78. The third-order valence-electron chi connectivity index (χ3n) is 3.52. The van der Waals surface area contributed by atoms with Gasteiger partial charge in [0.05, 0.1) is 6.10 Å². The van der Waals surface area contributed by atoms with Crippen molar-refractivity contribution in [3.05, 3.63) is 42.0 Å². The number of fused-ring (bicyclic) bond motifs is 1. The van der Waals surface area contributed by atoms with Crippen molar-refractivity contribution in [3.63, 3.8) is 0 Å². The van der Waals surface area contributed by atoms with Crippen molar-refractivity contribution in [1.82, 2.24) is 9.55 Å². The van der Waals surface area contributed by atoms with E-state index in [-0.39, 0.29) is 0 Å². The minimum absolute atomic E-state index is 0.524. The SMILES string of the molecule is Cn1ccnc1CCC(O)c1cccc2c1OCCO2. The molecule has 2 aromatic rings. The van der Waals surface area contributed by atoms with Crippen molar-refractivity contribution < 1.29 is 14.6 Å². The normalized spacial score (nSPS) is 15.1. The average Bonchev–Trinajstić information content (AvgIpc) is 2.89. The van der Waals surface area contributed by atoms with Crippen molar-refractivity contribution in [2.24, 2.45) is 7.05 Å². The topological polar surface area (TPSA) is 56.5 Å². The highest BCUT2D eigenvalue weighted by atomic mass is 16.6. The molecular weight excluding hydrogens is 256 g/mol. The van der Waals surface area contributed by atoms with E-state index in [0.717, 1.165) is 17.8 Å². The maximum absolute atomic E-state index is 10.4. The fourth-order valence-corrected chi connectivity index (χ4v) is 2.42. The second-order valence-corrected chi connectivity index (χ2v) is 4.88. The summed E-state index contributed by atoms with van der Waals surface area (Å²) < 4.78 is 13.1. The highest BCUT2D eigenvalue weighted by molar-refractivity contribution is 5.48. The van der Waals surface area contributed by atoms with Gasteiger partial charge in [0.25, 0.3) is 0 Å². The number of benzene rings is 1. The molecular formula is C15H18N2O3. The van der Waals surface area contributed by atoms with Gasteiger partial charge in [-0.2, -0.15) is 0 Å². The molecule has 0 amide bonds. The Morgan fingerprint density at radius 2 is 2.20 bits per heavy atom. The molecule has 0 fully saturated rings. The molecule has 0 spiro atoms. The molecule has 5 heteroatoms. The van der Waals surface area contributed by atoms with Crippen LogP contribution in [0.4, 0.5) is 0 Å². The molecule has 2 heterocycles. The van der Waals surface area contributed by atoms with Crippen LogP contribution in [0.25, 0.3) is 0 Å². The lowest BCUT2D eigenvalue weighted by atomic mass is 10.0. The number of aliphatic hydroxyl groups excluding tert-OH is 1. The van der Waals surface area contributed by atoms with Crippen LogP contribution in [0.1, 0.15) is 23.9 Å². The number of rotatable bonds is 4.